The summed E-state index contributed by atoms with van der Waals surface area (Å²) in [7, 11) is -0.850. The normalized spacial score (nSPS) is 14.1. The Labute approximate surface area is 236 Å². The summed E-state index contributed by atoms with van der Waals surface area (Å²) in [4.78, 5) is 13.5. The molecule has 1 amide bonds. The molecule has 0 radical (unpaired) electrons. The molecule has 0 saturated carbocycles. The number of nitrogens with zero attached hydrogens (tertiary/aromatic N) is 2. The third kappa shape index (κ3) is 8.49. The summed E-state index contributed by atoms with van der Waals surface area (Å²) >= 11 is 0. The number of pyridine rings is 1. The van der Waals surface area contributed by atoms with Crippen molar-refractivity contribution in [1.29, 1.82) is 0 Å². The first-order chi connectivity index (χ1) is 19.0. The number of amides is 1. The van der Waals surface area contributed by atoms with Crippen LogP contribution in [-0.2, 0) is 27.8 Å². The van der Waals surface area contributed by atoms with Crippen molar-refractivity contribution < 1.29 is 42.6 Å². The molecule has 3 aromatic rings. The number of likely N-dealkylation sites (N-methyl/N-ethyl adjacent to an activating group) is 1. The quantitative estimate of drug-likeness (QED) is 0.210. The van der Waals surface area contributed by atoms with Gasteiger partial charge in [0.2, 0.25) is 22.4 Å². The number of aliphatic hydroxyl groups is 1. The highest BCUT2D eigenvalue weighted by Gasteiger charge is 2.37. The summed E-state index contributed by atoms with van der Waals surface area (Å²) in [6, 6.07) is 18.1. The second-order valence-electron chi connectivity index (χ2n) is 10.1. The smallest absolute Gasteiger partial charge is 0.497 e. The van der Waals surface area contributed by atoms with Crippen molar-refractivity contribution in [2.45, 2.75) is 43.9 Å². The first-order valence-corrected chi connectivity index (χ1v) is 14.5. The largest absolute Gasteiger partial charge is 0.514 e. The number of aromatic nitrogens is 1. The number of ether oxygens (including phenoxy) is 2. The highest BCUT2D eigenvalue weighted by molar-refractivity contribution is 7.89. The van der Waals surface area contributed by atoms with Gasteiger partial charge in [-0.15, -0.1) is 0 Å². The van der Waals surface area contributed by atoms with Gasteiger partial charge in [0, 0.05) is 30.3 Å². The second kappa shape index (κ2) is 14.2. The Hall–Kier alpha value is -3.51. The number of hydrogen-bond acceptors (Lipinski definition) is 7. The lowest BCUT2D eigenvalue weighted by atomic mass is 10.00. The van der Waals surface area contributed by atoms with Crippen molar-refractivity contribution in [3.63, 3.8) is 0 Å². The lowest BCUT2D eigenvalue weighted by Gasteiger charge is -2.31. The van der Waals surface area contributed by atoms with Gasteiger partial charge < -0.3 is 14.6 Å². The summed E-state index contributed by atoms with van der Waals surface area (Å²) in [5, 5.41) is 21.1. The van der Waals surface area contributed by atoms with Crippen molar-refractivity contribution in [2.75, 3.05) is 27.2 Å². The molecule has 0 aliphatic rings. The van der Waals surface area contributed by atoms with Gasteiger partial charge in [0.05, 0.1) is 24.6 Å². The minimum atomic E-state index is -3.95. The Morgan fingerprint density at radius 3 is 2.25 bits per heavy atom. The molecular weight excluding hydrogens is 534 g/mol. The maximum atomic E-state index is 13.6. The number of sulfonamides is 1. The molecule has 40 heavy (non-hydrogen) atoms. The summed E-state index contributed by atoms with van der Waals surface area (Å²) in [6.07, 6.45) is 1.37. The van der Waals surface area contributed by atoms with Gasteiger partial charge in [-0.05, 0) is 41.8 Å². The summed E-state index contributed by atoms with van der Waals surface area (Å²) < 4.78 is 40.0. The van der Waals surface area contributed by atoms with Crippen LogP contribution >= 0.6 is 0 Å². The van der Waals surface area contributed by atoms with E-state index in [1.54, 1.807) is 31.3 Å². The van der Waals surface area contributed by atoms with E-state index in [1.807, 2.05) is 44.2 Å². The molecule has 3 rings (SSSR count). The van der Waals surface area contributed by atoms with Crippen LogP contribution < -0.4 is 14.4 Å². The van der Waals surface area contributed by atoms with Crippen LogP contribution in [-0.4, -0.2) is 68.5 Å². The molecule has 0 aliphatic heterocycles. The Morgan fingerprint density at radius 2 is 1.65 bits per heavy atom. The standard InChI is InChI=1S/C29H38N3O7S/c1-22(2)18-32(40(36,37)26-14-12-25(38-4)13-15-26)20-28(33)27(17-23-9-6-5-7-10-23)30(3)29(34)39-21-24-11-8-16-31(35)19-24/h5-16,19,22,27-28,33,35H,17-18,20-21H2,1-4H3/q+1/p+1/t27-,28+/m0/s1. The predicted octanol–water partition coefficient (Wildman–Crippen LogP) is 1.69. The van der Waals surface area contributed by atoms with E-state index in [9.17, 15) is 23.5 Å². The van der Waals surface area contributed by atoms with E-state index in [0.717, 1.165) is 10.3 Å². The monoisotopic (exact) mass is 573 g/mol. The molecule has 1 unspecified atom stereocenters. The first kappa shape index (κ1) is 31.0. The Kier molecular flexibility index (Phi) is 11.0. The molecule has 3 atom stereocenters. The zero-order valence-corrected chi connectivity index (χ0v) is 24.1. The van der Waals surface area contributed by atoms with Crippen LogP contribution in [0.25, 0.3) is 0 Å². The topological polar surface area (TPSA) is 122 Å². The third-order valence-corrected chi connectivity index (χ3v) is 8.36. The summed E-state index contributed by atoms with van der Waals surface area (Å²) in [5.74, 6) is 0.522. The second-order valence-corrected chi connectivity index (χ2v) is 12.0. The highest BCUT2D eigenvalue weighted by atomic mass is 32.2. The van der Waals surface area contributed by atoms with E-state index < -0.39 is 28.3 Å². The number of carbonyl (C=O) groups is 1. The van der Waals surface area contributed by atoms with Crippen molar-refractivity contribution in [1.82, 2.24) is 4.31 Å². The average Bonchev–Trinajstić information content (AvgIpc) is 2.94. The SMILES string of the molecule is COc1ccc(S(=O)(=O)N(CC(C)C)C[C@@H](O)[C@H](Cc2ccccc2)[NH+](C)C(=O)OCc2ccc[n+](O)c2)cc1. The molecule has 10 nitrogen and oxygen atoms in total. The van der Waals surface area contributed by atoms with Crippen LogP contribution in [0.5, 0.6) is 5.75 Å². The van der Waals surface area contributed by atoms with Crippen LogP contribution in [0.4, 0.5) is 4.79 Å². The van der Waals surface area contributed by atoms with Gasteiger partial charge in [-0.3, -0.25) is 5.21 Å². The minimum absolute atomic E-state index is 0.0111. The summed E-state index contributed by atoms with van der Waals surface area (Å²) in [6.45, 7) is 3.70. The highest BCUT2D eigenvalue weighted by Crippen LogP contribution is 2.21. The lowest BCUT2D eigenvalue weighted by Crippen LogP contribution is -3.17. The number of nitrogens with one attached hydrogen (secondary N) is 1. The molecule has 0 saturated heterocycles. The molecule has 11 heteroatoms. The molecule has 216 valence electrons. The zero-order chi connectivity index (χ0) is 29.3. The van der Waals surface area contributed by atoms with Crippen LogP contribution in [0.3, 0.4) is 0 Å². The minimum Gasteiger partial charge on any atom is -0.497 e. The number of quaternary nitrogens is 1. The number of aliphatic hydroxyl groups excluding tert-OH is 1. The average molecular weight is 574 g/mol. The van der Waals surface area contributed by atoms with Crippen molar-refractivity contribution in [3.05, 3.63) is 90.3 Å². The van der Waals surface area contributed by atoms with Gasteiger partial charge in [-0.1, -0.05) is 44.2 Å². The molecule has 2 aromatic carbocycles. The maximum absolute atomic E-state index is 13.6. The lowest BCUT2D eigenvalue weighted by molar-refractivity contribution is -0.905. The van der Waals surface area contributed by atoms with Crippen LogP contribution in [0.15, 0.2) is 84.0 Å². The number of methoxy groups -OCH3 is 1. The van der Waals surface area contributed by atoms with E-state index in [1.165, 1.54) is 35.9 Å². The predicted molar refractivity (Wildman–Crippen MR) is 147 cm³/mol. The molecule has 1 aromatic heterocycles. The van der Waals surface area contributed by atoms with E-state index in [2.05, 4.69) is 0 Å². The number of benzene rings is 2. The molecule has 3 N–H and O–H groups in total. The van der Waals surface area contributed by atoms with Gasteiger partial charge in [0.25, 0.3) is 0 Å². The van der Waals surface area contributed by atoms with Gasteiger partial charge in [-0.2, -0.15) is 9.10 Å². The molecule has 0 spiro atoms. The van der Waals surface area contributed by atoms with E-state index in [0.29, 0.717) is 17.7 Å². The molecule has 0 aliphatic carbocycles. The van der Waals surface area contributed by atoms with E-state index in [4.69, 9.17) is 9.47 Å². The molecule has 0 fully saturated rings. The fourth-order valence-corrected chi connectivity index (χ4v) is 5.99. The molecular formula is C29H39N3O7S+2. The number of alkyl carbamates (subject to hydrolysis) is 2. The maximum Gasteiger partial charge on any atom is 0.514 e. The third-order valence-electron chi connectivity index (χ3n) is 6.51. The van der Waals surface area contributed by atoms with Crippen LogP contribution in [0.2, 0.25) is 0 Å². The Bertz CT molecular complexity index is 1340. The Balaban J connectivity index is 1.85. The van der Waals surface area contributed by atoms with Crippen LogP contribution in [0, 0.1) is 5.92 Å². The van der Waals surface area contributed by atoms with Crippen molar-refractivity contribution >= 4 is 16.1 Å². The fraction of sp³-hybridized carbons (Fsp3) is 0.379. The number of carbonyl (C=O) groups excluding carboxylic acids is 1. The zero-order valence-electron chi connectivity index (χ0n) is 23.3. The fourth-order valence-electron chi connectivity index (χ4n) is 4.37. The van der Waals surface area contributed by atoms with Crippen LogP contribution in [0.1, 0.15) is 25.0 Å². The first-order valence-electron chi connectivity index (χ1n) is 13.1. The van der Waals surface area contributed by atoms with Gasteiger partial charge in [-0.25, -0.2) is 13.3 Å². The van der Waals surface area contributed by atoms with Crippen molar-refractivity contribution in [2.24, 2.45) is 5.92 Å². The van der Waals surface area contributed by atoms with E-state index in [-0.39, 0.29) is 35.4 Å². The van der Waals surface area contributed by atoms with Crippen molar-refractivity contribution in [3.8, 4) is 5.75 Å². The Morgan fingerprint density at radius 1 is 1.00 bits per heavy atom. The van der Waals surface area contributed by atoms with E-state index >= 15 is 0 Å². The number of rotatable bonds is 13. The van der Waals surface area contributed by atoms with Gasteiger partial charge in [0.1, 0.15) is 24.5 Å². The molecule has 0 bridgehead atoms. The molecule has 1 heterocycles. The summed E-state index contributed by atoms with van der Waals surface area (Å²) in [5.41, 5.74) is 1.47. The van der Waals surface area contributed by atoms with Gasteiger partial charge >= 0.3 is 6.09 Å². The van der Waals surface area contributed by atoms with Gasteiger partial charge in [0.15, 0.2) is 0 Å². The number of hydrogen-bond donors (Lipinski definition) is 3.